The lowest BCUT2D eigenvalue weighted by Gasteiger charge is -2.21. The first-order valence-corrected chi connectivity index (χ1v) is 5.57. The van der Waals surface area contributed by atoms with Crippen LogP contribution >= 0.6 is 0 Å². The van der Waals surface area contributed by atoms with Crippen LogP contribution in [0.3, 0.4) is 0 Å². The summed E-state index contributed by atoms with van der Waals surface area (Å²) in [5.41, 5.74) is 6.29. The molecule has 92 valence electrons. The minimum atomic E-state index is -1.17. The highest BCUT2D eigenvalue weighted by molar-refractivity contribution is 5.73. The van der Waals surface area contributed by atoms with Crippen molar-refractivity contribution in [3.8, 4) is 0 Å². The standard InChI is InChI=1S/C11H15N3O3/c12-9(11(15)16)10-13-4-3-8(14-10)7-2-1-5-17-6-7/h3-4,7,9H,1-2,5-6,12H2,(H,15,16). The summed E-state index contributed by atoms with van der Waals surface area (Å²) in [5, 5.41) is 8.81. The number of carboxylic acids is 1. The number of rotatable bonds is 3. The molecule has 1 aliphatic heterocycles. The van der Waals surface area contributed by atoms with Crippen LogP contribution in [-0.4, -0.2) is 34.3 Å². The van der Waals surface area contributed by atoms with Crippen molar-refractivity contribution in [2.45, 2.75) is 24.8 Å². The topological polar surface area (TPSA) is 98.3 Å². The van der Waals surface area contributed by atoms with E-state index >= 15 is 0 Å². The van der Waals surface area contributed by atoms with E-state index in [0.717, 1.165) is 25.1 Å². The molecule has 6 heteroatoms. The fraction of sp³-hybridized carbons (Fsp3) is 0.545. The van der Waals surface area contributed by atoms with Gasteiger partial charge in [-0.3, -0.25) is 4.79 Å². The van der Waals surface area contributed by atoms with Crippen molar-refractivity contribution >= 4 is 5.97 Å². The SMILES string of the molecule is NC(C(=O)O)c1nccc(C2CCCOC2)n1. The van der Waals surface area contributed by atoms with Crippen LogP contribution in [0.5, 0.6) is 0 Å². The molecule has 1 aromatic rings. The second-order valence-corrected chi connectivity index (χ2v) is 4.07. The maximum atomic E-state index is 10.8. The summed E-state index contributed by atoms with van der Waals surface area (Å²) >= 11 is 0. The highest BCUT2D eigenvalue weighted by Gasteiger charge is 2.21. The summed E-state index contributed by atoms with van der Waals surface area (Å²) in [6.07, 6.45) is 3.54. The van der Waals surface area contributed by atoms with Gasteiger partial charge in [-0.25, -0.2) is 9.97 Å². The van der Waals surface area contributed by atoms with Crippen molar-refractivity contribution in [1.82, 2.24) is 9.97 Å². The molecule has 2 unspecified atom stereocenters. The van der Waals surface area contributed by atoms with Gasteiger partial charge >= 0.3 is 5.97 Å². The number of hydrogen-bond donors (Lipinski definition) is 2. The number of carbonyl (C=O) groups is 1. The van der Waals surface area contributed by atoms with Crippen LogP contribution in [-0.2, 0) is 9.53 Å². The lowest BCUT2D eigenvalue weighted by atomic mass is 9.98. The van der Waals surface area contributed by atoms with Gasteiger partial charge in [0.25, 0.3) is 0 Å². The van der Waals surface area contributed by atoms with Gasteiger partial charge in [-0.05, 0) is 18.9 Å². The molecule has 0 aromatic carbocycles. The minimum Gasteiger partial charge on any atom is -0.480 e. The molecule has 0 bridgehead atoms. The molecule has 0 amide bonds. The van der Waals surface area contributed by atoms with E-state index in [1.165, 1.54) is 0 Å². The number of hydrogen-bond acceptors (Lipinski definition) is 5. The quantitative estimate of drug-likeness (QED) is 0.792. The Bertz CT molecular complexity index is 405. The molecule has 0 aliphatic carbocycles. The molecule has 17 heavy (non-hydrogen) atoms. The average Bonchev–Trinajstić information content (AvgIpc) is 2.39. The molecule has 0 spiro atoms. The third-order valence-electron chi connectivity index (χ3n) is 2.82. The Morgan fingerprint density at radius 3 is 3.12 bits per heavy atom. The van der Waals surface area contributed by atoms with Crippen LogP contribution < -0.4 is 5.73 Å². The summed E-state index contributed by atoms with van der Waals surface area (Å²) in [6.45, 7) is 1.40. The van der Waals surface area contributed by atoms with E-state index in [1.54, 1.807) is 12.3 Å². The summed E-state index contributed by atoms with van der Waals surface area (Å²) in [4.78, 5) is 18.9. The van der Waals surface area contributed by atoms with Crippen molar-refractivity contribution in [2.75, 3.05) is 13.2 Å². The van der Waals surface area contributed by atoms with Gasteiger partial charge in [0.05, 0.1) is 6.61 Å². The molecule has 0 radical (unpaired) electrons. The van der Waals surface area contributed by atoms with Gasteiger partial charge in [0.15, 0.2) is 11.9 Å². The first-order valence-electron chi connectivity index (χ1n) is 5.57. The van der Waals surface area contributed by atoms with E-state index in [9.17, 15) is 4.79 Å². The summed E-state index contributed by atoms with van der Waals surface area (Å²) in [5.74, 6) is -0.755. The van der Waals surface area contributed by atoms with Gasteiger partial charge in [-0.1, -0.05) is 0 Å². The highest BCUT2D eigenvalue weighted by Crippen LogP contribution is 2.23. The summed E-state index contributed by atoms with van der Waals surface area (Å²) in [7, 11) is 0. The van der Waals surface area contributed by atoms with Crippen molar-refractivity contribution in [2.24, 2.45) is 5.73 Å². The molecule has 1 aliphatic rings. The molecular formula is C11H15N3O3. The second-order valence-electron chi connectivity index (χ2n) is 4.07. The van der Waals surface area contributed by atoms with E-state index < -0.39 is 12.0 Å². The zero-order valence-corrected chi connectivity index (χ0v) is 9.37. The van der Waals surface area contributed by atoms with Crippen molar-refractivity contribution < 1.29 is 14.6 Å². The van der Waals surface area contributed by atoms with Crippen LogP contribution in [0.25, 0.3) is 0 Å². The van der Waals surface area contributed by atoms with E-state index in [4.69, 9.17) is 15.6 Å². The molecule has 1 saturated heterocycles. The lowest BCUT2D eigenvalue weighted by molar-refractivity contribution is -0.138. The average molecular weight is 237 g/mol. The molecule has 6 nitrogen and oxygen atoms in total. The van der Waals surface area contributed by atoms with Gasteiger partial charge in [0.1, 0.15) is 0 Å². The fourth-order valence-corrected chi connectivity index (χ4v) is 1.85. The number of ether oxygens (including phenoxy) is 1. The first kappa shape index (κ1) is 11.9. The Hall–Kier alpha value is -1.53. The zero-order valence-electron chi connectivity index (χ0n) is 9.37. The first-order chi connectivity index (χ1) is 8.18. The molecule has 2 atom stereocenters. The third-order valence-corrected chi connectivity index (χ3v) is 2.82. The number of nitrogens with two attached hydrogens (primary N) is 1. The molecule has 1 fully saturated rings. The smallest absolute Gasteiger partial charge is 0.328 e. The van der Waals surface area contributed by atoms with E-state index in [1.807, 2.05) is 0 Å². The predicted molar refractivity (Wildman–Crippen MR) is 59.4 cm³/mol. The molecule has 0 saturated carbocycles. The third kappa shape index (κ3) is 2.78. The van der Waals surface area contributed by atoms with Crippen LogP contribution in [0.15, 0.2) is 12.3 Å². The molecule has 2 rings (SSSR count). The summed E-state index contributed by atoms with van der Waals surface area (Å²) in [6, 6.07) is 0.622. The Morgan fingerprint density at radius 2 is 2.47 bits per heavy atom. The van der Waals surface area contributed by atoms with E-state index in [2.05, 4.69) is 9.97 Å². The van der Waals surface area contributed by atoms with Gasteiger partial charge in [0.2, 0.25) is 0 Å². The van der Waals surface area contributed by atoms with E-state index in [0.29, 0.717) is 6.61 Å². The Balaban J connectivity index is 2.18. The van der Waals surface area contributed by atoms with Crippen molar-refractivity contribution in [3.05, 3.63) is 23.8 Å². The molecule has 3 N–H and O–H groups in total. The van der Waals surface area contributed by atoms with Gasteiger partial charge < -0.3 is 15.6 Å². The Labute approximate surface area is 98.8 Å². The van der Waals surface area contributed by atoms with Gasteiger partial charge in [-0.2, -0.15) is 0 Å². The largest absolute Gasteiger partial charge is 0.480 e. The number of aliphatic carboxylic acids is 1. The monoisotopic (exact) mass is 237 g/mol. The number of carboxylic acid groups (broad SMARTS) is 1. The highest BCUT2D eigenvalue weighted by atomic mass is 16.5. The van der Waals surface area contributed by atoms with Crippen LogP contribution in [0.4, 0.5) is 0 Å². The van der Waals surface area contributed by atoms with Crippen LogP contribution in [0, 0.1) is 0 Å². The molecule has 1 aromatic heterocycles. The molecule has 2 heterocycles. The summed E-state index contributed by atoms with van der Waals surface area (Å²) < 4.78 is 5.38. The van der Waals surface area contributed by atoms with Crippen molar-refractivity contribution in [1.29, 1.82) is 0 Å². The normalized spacial score (nSPS) is 22.1. The Morgan fingerprint density at radius 1 is 1.65 bits per heavy atom. The van der Waals surface area contributed by atoms with E-state index in [-0.39, 0.29) is 11.7 Å². The van der Waals surface area contributed by atoms with Gasteiger partial charge in [0, 0.05) is 24.4 Å². The number of aromatic nitrogens is 2. The number of nitrogens with zero attached hydrogens (tertiary/aromatic N) is 2. The van der Waals surface area contributed by atoms with Crippen molar-refractivity contribution in [3.63, 3.8) is 0 Å². The minimum absolute atomic E-state index is 0.153. The zero-order chi connectivity index (χ0) is 12.3. The second kappa shape index (κ2) is 5.20. The Kier molecular flexibility index (Phi) is 3.65. The molecular weight excluding hydrogens is 222 g/mol. The maximum absolute atomic E-state index is 10.8. The predicted octanol–water partition coefficient (Wildman–Crippen LogP) is 0.455. The van der Waals surface area contributed by atoms with Crippen LogP contribution in [0.2, 0.25) is 0 Å². The van der Waals surface area contributed by atoms with Gasteiger partial charge in [-0.15, -0.1) is 0 Å². The maximum Gasteiger partial charge on any atom is 0.328 e. The fourth-order valence-electron chi connectivity index (χ4n) is 1.85. The lowest BCUT2D eigenvalue weighted by Crippen LogP contribution is -2.24. The van der Waals surface area contributed by atoms with Crippen LogP contribution in [0.1, 0.15) is 36.3 Å².